The molecular weight excluding hydrogens is 416 g/mol. The second kappa shape index (κ2) is 10.5. The van der Waals surface area contributed by atoms with Crippen LogP contribution in [0.25, 0.3) is 0 Å². The summed E-state index contributed by atoms with van der Waals surface area (Å²) in [5.41, 5.74) is 1.91. The van der Waals surface area contributed by atoms with Gasteiger partial charge in [-0.1, -0.05) is 48.2 Å². The molecule has 1 atom stereocenters. The highest BCUT2D eigenvalue weighted by atomic mass is 32.2. The van der Waals surface area contributed by atoms with Crippen molar-refractivity contribution in [1.29, 1.82) is 5.26 Å². The quantitative estimate of drug-likeness (QED) is 0.606. The third-order valence-electron chi connectivity index (χ3n) is 4.62. The Hall–Kier alpha value is -3.44. The highest BCUT2D eigenvalue weighted by Crippen LogP contribution is 2.39. The number of carbonyl (C=O) groups is 2. The Morgan fingerprint density at radius 3 is 2.77 bits per heavy atom. The van der Waals surface area contributed by atoms with Crippen molar-refractivity contribution in [3.8, 4) is 17.6 Å². The van der Waals surface area contributed by atoms with Crippen molar-refractivity contribution in [2.45, 2.75) is 25.9 Å². The van der Waals surface area contributed by atoms with Crippen LogP contribution in [0.2, 0.25) is 0 Å². The second-order valence-corrected chi connectivity index (χ2v) is 7.74. The van der Waals surface area contributed by atoms with Crippen molar-refractivity contribution < 1.29 is 24.2 Å². The zero-order valence-corrected chi connectivity index (χ0v) is 17.8. The number of carbonyl (C=O) groups excluding carboxylic acids is 2. The number of thioether (sulfide) groups is 1. The summed E-state index contributed by atoms with van der Waals surface area (Å²) in [5, 5.41) is 22.7. The van der Waals surface area contributed by atoms with Crippen LogP contribution in [0.4, 0.5) is 0 Å². The van der Waals surface area contributed by atoms with Gasteiger partial charge in [0.25, 0.3) is 0 Å². The monoisotopic (exact) mass is 438 g/mol. The molecule has 0 aromatic heterocycles. The molecule has 31 heavy (non-hydrogen) atoms. The van der Waals surface area contributed by atoms with Gasteiger partial charge < -0.3 is 19.9 Å². The molecule has 160 valence electrons. The predicted octanol–water partition coefficient (Wildman–Crippen LogP) is 3.61. The van der Waals surface area contributed by atoms with E-state index in [-0.39, 0.29) is 30.4 Å². The van der Waals surface area contributed by atoms with E-state index in [0.29, 0.717) is 28.5 Å². The van der Waals surface area contributed by atoms with Gasteiger partial charge in [-0.15, -0.1) is 0 Å². The van der Waals surface area contributed by atoms with Gasteiger partial charge in [0.15, 0.2) is 11.5 Å². The van der Waals surface area contributed by atoms with E-state index < -0.39 is 11.9 Å². The Bertz CT molecular complexity index is 1030. The molecule has 8 heteroatoms. The molecule has 0 radical (unpaired) electrons. The van der Waals surface area contributed by atoms with Gasteiger partial charge in [-0.05, 0) is 30.2 Å². The molecule has 0 fully saturated rings. The SMILES string of the molecule is CCOc1cc([C@@H]2CC(=O)NC(SCC(=O)OCc3ccccc3)=C2C#N)ccc1O. The molecule has 0 unspecified atom stereocenters. The molecule has 0 bridgehead atoms. The van der Waals surface area contributed by atoms with Crippen LogP contribution in [0.3, 0.4) is 0 Å². The van der Waals surface area contributed by atoms with E-state index in [0.717, 1.165) is 17.3 Å². The number of nitrogens with zero attached hydrogens (tertiary/aromatic N) is 1. The highest BCUT2D eigenvalue weighted by molar-refractivity contribution is 8.03. The van der Waals surface area contributed by atoms with Crippen LogP contribution in [-0.2, 0) is 20.9 Å². The number of aromatic hydroxyl groups is 1. The van der Waals surface area contributed by atoms with Crippen molar-refractivity contribution >= 4 is 23.6 Å². The third-order valence-corrected chi connectivity index (χ3v) is 5.61. The first-order valence-corrected chi connectivity index (χ1v) is 10.7. The molecule has 1 aliphatic heterocycles. The molecule has 1 aliphatic rings. The van der Waals surface area contributed by atoms with Gasteiger partial charge in [0.1, 0.15) is 6.61 Å². The predicted molar refractivity (Wildman–Crippen MR) is 116 cm³/mol. The molecular formula is C23H22N2O5S. The highest BCUT2D eigenvalue weighted by Gasteiger charge is 2.30. The number of phenolic OH excluding ortho intramolecular Hbond substituents is 1. The topological polar surface area (TPSA) is 109 Å². The number of esters is 1. The minimum absolute atomic E-state index is 0.0101. The molecule has 2 aromatic rings. The maximum atomic E-state index is 12.3. The van der Waals surface area contributed by atoms with E-state index in [1.807, 2.05) is 30.3 Å². The maximum absolute atomic E-state index is 12.3. The molecule has 0 aliphatic carbocycles. The van der Waals surface area contributed by atoms with Gasteiger partial charge in [0.05, 0.1) is 29.0 Å². The van der Waals surface area contributed by atoms with Gasteiger partial charge in [0.2, 0.25) is 5.91 Å². The lowest BCUT2D eigenvalue weighted by Crippen LogP contribution is -2.31. The lowest BCUT2D eigenvalue weighted by atomic mass is 9.87. The zero-order valence-electron chi connectivity index (χ0n) is 17.0. The summed E-state index contributed by atoms with van der Waals surface area (Å²) in [7, 11) is 0. The fourth-order valence-corrected chi connectivity index (χ4v) is 4.02. The van der Waals surface area contributed by atoms with Gasteiger partial charge in [-0.25, -0.2) is 0 Å². The molecule has 1 heterocycles. The first-order chi connectivity index (χ1) is 15.0. The van der Waals surface area contributed by atoms with E-state index in [1.165, 1.54) is 6.07 Å². The average molecular weight is 439 g/mol. The summed E-state index contributed by atoms with van der Waals surface area (Å²) >= 11 is 1.06. The number of nitrogens with one attached hydrogen (secondary N) is 1. The standard InChI is InChI=1S/C23H22N2O5S/c1-2-29-20-10-16(8-9-19(20)26)17-11-21(27)25-23(18(17)12-24)31-14-22(28)30-13-15-6-4-3-5-7-15/h3-10,17,26H,2,11,13-14H2,1H3,(H,25,27)/t17-/m0/s1. The van der Waals surface area contributed by atoms with Gasteiger partial charge in [-0.2, -0.15) is 5.26 Å². The number of amides is 1. The lowest BCUT2D eigenvalue weighted by molar-refractivity contribution is -0.141. The fraction of sp³-hybridized carbons (Fsp3) is 0.261. The van der Waals surface area contributed by atoms with Crippen molar-refractivity contribution in [3.05, 3.63) is 70.3 Å². The van der Waals surface area contributed by atoms with Crippen LogP contribution in [0.15, 0.2) is 59.1 Å². The Morgan fingerprint density at radius 1 is 1.29 bits per heavy atom. The molecule has 7 nitrogen and oxygen atoms in total. The van der Waals surface area contributed by atoms with E-state index in [2.05, 4.69) is 11.4 Å². The van der Waals surface area contributed by atoms with Crippen LogP contribution in [0.5, 0.6) is 11.5 Å². The van der Waals surface area contributed by atoms with Gasteiger partial charge in [-0.3, -0.25) is 9.59 Å². The normalized spacial score (nSPS) is 15.7. The smallest absolute Gasteiger partial charge is 0.316 e. The molecule has 0 saturated carbocycles. The number of hydrogen-bond acceptors (Lipinski definition) is 7. The van der Waals surface area contributed by atoms with Gasteiger partial charge >= 0.3 is 5.97 Å². The number of hydrogen-bond donors (Lipinski definition) is 2. The second-order valence-electron chi connectivity index (χ2n) is 6.75. The van der Waals surface area contributed by atoms with E-state index in [4.69, 9.17) is 9.47 Å². The van der Waals surface area contributed by atoms with E-state index in [9.17, 15) is 20.0 Å². The summed E-state index contributed by atoms with van der Waals surface area (Å²) in [5.74, 6) is -0.957. The summed E-state index contributed by atoms with van der Waals surface area (Å²) in [6.07, 6.45) is 0.0851. The molecule has 1 amide bonds. The Balaban J connectivity index is 1.73. The summed E-state index contributed by atoms with van der Waals surface area (Å²) in [6.45, 7) is 2.33. The minimum atomic E-state index is -0.499. The lowest BCUT2D eigenvalue weighted by Gasteiger charge is -2.25. The number of nitriles is 1. The van der Waals surface area contributed by atoms with Crippen molar-refractivity contribution in [2.24, 2.45) is 0 Å². The fourth-order valence-electron chi connectivity index (χ4n) is 3.15. The van der Waals surface area contributed by atoms with Crippen LogP contribution in [-0.4, -0.2) is 29.3 Å². The summed E-state index contributed by atoms with van der Waals surface area (Å²) in [6, 6.07) is 16.3. The number of ether oxygens (including phenoxy) is 2. The van der Waals surface area contributed by atoms with Crippen molar-refractivity contribution in [3.63, 3.8) is 0 Å². The Morgan fingerprint density at radius 2 is 2.06 bits per heavy atom. The largest absolute Gasteiger partial charge is 0.504 e. The van der Waals surface area contributed by atoms with Crippen molar-refractivity contribution in [1.82, 2.24) is 5.32 Å². The molecule has 0 spiro atoms. The third kappa shape index (κ3) is 5.80. The van der Waals surface area contributed by atoms with Crippen molar-refractivity contribution in [2.75, 3.05) is 12.4 Å². The van der Waals surface area contributed by atoms with E-state index >= 15 is 0 Å². The van der Waals surface area contributed by atoms with Crippen LogP contribution in [0.1, 0.15) is 30.4 Å². The molecule has 2 aromatic carbocycles. The summed E-state index contributed by atoms with van der Waals surface area (Å²) < 4.78 is 10.7. The Labute approximate surface area is 184 Å². The minimum Gasteiger partial charge on any atom is -0.504 e. The van der Waals surface area contributed by atoms with Crippen LogP contribution >= 0.6 is 11.8 Å². The van der Waals surface area contributed by atoms with Crippen LogP contribution in [0, 0.1) is 11.3 Å². The van der Waals surface area contributed by atoms with Crippen LogP contribution < -0.4 is 10.1 Å². The van der Waals surface area contributed by atoms with E-state index in [1.54, 1.807) is 19.1 Å². The molecule has 2 N–H and O–H groups in total. The maximum Gasteiger partial charge on any atom is 0.316 e. The summed E-state index contributed by atoms with van der Waals surface area (Å²) in [4.78, 5) is 24.4. The number of benzene rings is 2. The average Bonchev–Trinajstić information content (AvgIpc) is 2.78. The number of rotatable bonds is 8. The first-order valence-electron chi connectivity index (χ1n) is 9.74. The number of phenols is 1. The Kier molecular flexibility index (Phi) is 7.57. The van der Waals surface area contributed by atoms with Gasteiger partial charge in [0, 0.05) is 12.3 Å². The molecule has 0 saturated heterocycles. The number of allylic oxidation sites excluding steroid dienone is 1. The zero-order chi connectivity index (χ0) is 22.2. The first kappa shape index (κ1) is 22.2. The molecule has 3 rings (SSSR count).